The second-order valence-corrected chi connectivity index (χ2v) is 7.66. The SMILES string of the molecule is CCN(C(=O)Cc1ccc(NC(=O)C2COc3ccccc3C2)cc1)c1ccccc1. The van der Waals surface area contributed by atoms with Crippen LogP contribution in [0.1, 0.15) is 18.1 Å². The number of hydrogen-bond donors (Lipinski definition) is 1. The van der Waals surface area contributed by atoms with Crippen molar-refractivity contribution in [2.24, 2.45) is 5.92 Å². The fourth-order valence-electron chi connectivity index (χ4n) is 3.83. The number of ether oxygens (including phenoxy) is 1. The van der Waals surface area contributed by atoms with Gasteiger partial charge in [-0.15, -0.1) is 0 Å². The van der Waals surface area contributed by atoms with Crippen molar-refractivity contribution in [2.45, 2.75) is 19.8 Å². The fourth-order valence-corrected chi connectivity index (χ4v) is 3.83. The van der Waals surface area contributed by atoms with Gasteiger partial charge < -0.3 is 15.0 Å². The zero-order chi connectivity index (χ0) is 21.6. The molecule has 1 N–H and O–H groups in total. The molecule has 0 fully saturated rings. The summed E-state index contributed by atoms with van der Waals surface area (Å²) in [6.07, 6.45) is 0.977. The maximum Gasteiger partial charge on any atom is 0.231 e. The standard InChI is InChI=1S/C26H26N2O3/c1-2-28(23-9-4-3-5-10-23)25(29)16-19-12-14-22(15-13-19)27-26(30)21-17-20-8-6-7-11-24(20)31-18-21/h3-15,21H,2,16-18H2,1H3,(H,27,30). The third kappa shape index (κ3) is 4.94. The minimum atomic E-state index is -0.222. The maximum atomic E-state index is 12.8. The molecule has 1 heterocycles. The summed E-state index contributed by atoms with van der Waals surface area (Å²) in [5.74, 6) is 0.625. The molecule has 0 saturated carbocycles. The first-order valence-electron chi connectivity index (χ1n) is 10.6. The van der Waals surface area contributed by atoms with Gasteiger partial charge in [-0.25, -0.2) is 0 Å². The van der Waals surface area contributed by atoms with Gasteiger partial charge in [0.2, 0.25) is 11.8 Å². The van der Waals surface area contributed by atoms with Crippen LogP contribution < -0.4 is 15.0 Å². The van der Waals surface area contributed by atoms with Gasteiger partial charge in [-0.3, -0.25) is 9.59 Å². The van der Waals surface area contributed by atoms with Crippen LogP contribution in [0.5, 0.6) is 5.75 Å². The van der Waals surface area contributed by atoms with Gasteiger partial charge in [0.15, 0.2) is 0 Å². The van der Waals surface area contributed by atoms with E-state index >= 15 is 0 Å². The second kappa shape index (κ2) is 9.47. The largest absolute Gasteiger partial charge is 0.492 e. The van der Waals surface area contributed by atoms with E-state index in [1.165, 1.54) is 0 Å². The number of fused-ring (bicyclic) bond motifs is 1. The van der Waals surface area contributed by atoms with Crippen LogP contribution in [0, 0.1) is 5.92 Å². The Bertz CT molecular complexity index is 1050. The molecule has 0 spiro atoms. The molecule has 0 bridgehead atoms. The molecule has 3 aromatic rings. The van der Waals surface area contributed by atoms with Crippen LogP contribution in [0.15, 0.2) is 78.9 Å². The molecular formula is C26H26N2O3. The zero-order valence-corrected chi connectivity index (χ0v) is 17.6. The summed E-state index contributed by atoms with van der Waals surface area (Å²) in [5.41, 5.74) is 3.58. The smallest absolute Gasteiger partial charge is 0.231 e. The Morgan fingerprint density at radius 1 is 0.968 bits per heavy atom. The Morgan fingerprint density at radius 3 is 2.42 bits per heavy atom. The highest BCUT2D eigenvalue weighted by Gasteiger charge is 2.25. The Balaban J connectivity index is 1.35. The zero-order valence-electron chi connectivity index (χ0n) is 17.6. The molecule has 0 saturated heterocycles. The number of rotatable bonds is 6. The highest BCUT2D eigenvalue weighted by Crippen LogP contribution is 2.27. The Kier molecular flexibility index (Phi) is 6.32. The molecule has 1 unspecified atom stereocenters. The summed E-state index contributed by atoms with van der Waals surface area (Å²) >= 11 is 0. The number of nitrogens with one attached hydrogen (secondary N) is 1. The Hall–Kier alpha value is -3.60. The van der Waals surface area contributed by atoms with E-state index in [0.29, 0.717) is 26.0 Å². The number of benzene rings is 3. The van der Waals surface area contributed by atoms with Crippen molar-refractivity contribution in [2.75, 3.05) is 23.4 Å². The average molecular weight is 415 g/mol. The number of amides is 2. The van der Waals surface area contributed by atoms with E-state index < -0.39 is 0 Å². The molecule has 5 heteroatoms. The first-order valence-corrected chi connectivity index (χ1v) is 10.6. The molecule has 31 heavy (non-hydrogen) atoms. The molecule has 1 aliphatic heterocycles. The summed E-state index contributed by atoms with van der Waals surface area (Å²) in [4.78, 5) is 27.2. The first-order chi connectivity index (χ1) is 15.1. The molecule has 2 amide bonds. The van der Waals surface area contributed by atoms with E-state index in [1.807, 2.05) is 85.8 Å². The minimum Gasteiger partial charge on any atom is -0.492 e. The summed E-state index contributed by atoms with van der Waals surface area (Å²) in [7, 11) is 0. The van der Waals surface area contributed by atoms with Crippen LogP contribution in [-0.4, -0.2) is 25.0 Å². The molecule has 1 atom stereocenters. The third-order valence-corrected chi connectivity index (χ3v) is 5.51. The van der Waals surface area contributed by atoms with Crippen LogP contribution >= 0.6 is 0 Å². The number of carbonyl (C=O) groups is 2. The average Bonchev–Trinajstić information content (AvgIpc) is 2.81. The molecule has 1 aliphatic rings. The molecule has 0 aliphatic carbocycles. The predicted octanol–water partition coefficient (Wildman–Crippen LogP) is 4.47. The van der Waals surface area contributed by atoms with Crippen LogP contribution in [-0.2, 0) is 22.4 Å². The van der Waals surface area contributed by atoms with Gasteiger partial charge >= 0.3 is 0 Å². The van der Waals surface area contributed by atoms with Crippen molar-refractivity contribution in [3.8, 4) is 5.75 Å². The van der Waals surface area contributed by atoms with Crippen molar-refractivity contribution in [3.63, 3.8) is 0 Å². The normalized spacial score (nSPS) is 14.8. The van der Waals surface area contributed by atoms with Gasteiger partial charge in [-0.2, -0.15) is 0 Å². The van der Waals surface area contributed by atoms with Crippen molar-refractivity contribution in [3.05, 3.63) is 90.0 Å². The van der Waals surface area contributed by atoms with Gasteiger partial charge in [0.1, 0.15) is 12.4 Å². The molecular weight excluding hydrogens is 388 g/mol. The quantitative estimate of drug-likeness (QED) is 0.647. The maximum absolute atomic E-state index is 12.8. The second-order valence-electron chi connectivity index (χ2n) is 7.66. The van der Waals surface area contributed by atoms with E-state index in [1.54, 1.807) is 4.90 Å². The lowest BCUT2D eigenvalue weighted by Gasteiger charge is -2.24. The lowest BCUT2D eigenvalue weighted by molar-refractivity contribution is -0.121. The van der Waals surface area contributed by atoms with E-state index in [2.05, 4.69) is 5.32 Å². The molecule has 0 aromatic heterocycles. The summed E-state index contributed by atoms with van der Waals surface area (Å²) in [6, 6.07) is 25.0. The lowest BCUT2D eigenvalue weighted by atomic mass is 9.96. The van der Waals surface area contributed by atoms with E-state index in [0.717, 1.165) is 28.3 Å². The number of hydrogen-bond acceptors (Lipinski definition) is 3. The monoisotopic (exact) mass is 414 g/mol. The summed E-state index contributed by atoms with van der Waals surface area (Å²) < 4.78 is 5.72. The van der Waals surface area contributed by atoms with Gasteiger partial charge in [0, 0.05) is 17.9 Å². The van der Waals surface area contributed by atoms with Gasteiger partial charge in [-0.1, -0.05) is 48.5 Å². The topological polar surface area (TPSA) is 58.6 Å². The molecule has 5 nitrogen and oxygen atoms in total. The van der Waals surface area contributed by atoms with Crippen LogP contribution in [0.4, 0.5) is 11.4 Å². The summed E-state index contributed by atoms with van der Waals surface area (Å²) in [6.45, 7) is 2.96. The Morgan fingerprint density at radius 2 is 1.68 bits per heavy atom. The van der Waals surface area contributed by atoms with Crippen LogP contribution in [0.2, 0.25) is 0 Å². The van der Waals surface area contributed by atoms with Gasteiger partial charge in [-0.05, 0) is 54.8 Å². The number of para-hydroxylation sites is 2. The lowest BCUT2D eigenvalue weighted by Crippen LogP contribution is -2.32. The number of anilines is 2. The molecule has 4 rings (SSSR count). The minimum absolute atomic E-state index is 0.0449. The molecule has 158 valence electrons. The molecule has 3 aromatic carbocycles. The van der Waals surface area contributed by atoms with E-state index in [9.17, 15) is 9.59 Å². The number of nitrogens with zero attached hydrogens (tertiary/aromatic N) is 1. The van der Waals surface area contributed by atoms with E-state index in [4.69, 9.17) is 4.74 Å². The van der Waals surface area contributed by atoms with Gasteiger partial charge in [0.25, 0.3) is 0 Å². The predicted molar refractivity (Wildman–Crippen MR) is 122 cm³/mol. The van der Waals surface area contributed by atoms with Crippen LogP contribution in [0.25, 0.3) is 0 Å². The van der Waals surface area contributed by atoms with Crippen molar-refractivity contribution in [1.29, 1.82) is 0 Å². The van der Waals surface area contributed by atoms with Crippen LogP contribution in [0.3, 0.4) is 0 Å². The summed E-state index contributed by atoms with van der Waals surface area (Å²) in [5, 5.41) is 2.97. The van der Waals surface area contributed by atoms with Crippen molar-refractivity contribution >= 4 is 23.2 Å². The van der Waals surface area contributed by atoms with Crippen molar-refractivity contribution in [1.82, 2.24) is 0 Å². The number of carbonyl (C=O) groups excluding carboxylic acids is 2. The first kappa shape index (κ1) is 20.7. The van der Waals surface area contributed by atoms with E-state index in [-0.39, 0.29) is 17.7 Å². The Labute approximate surface area is 182 Å². The highest BCUT2D eigenvalue weighted by atomic mass is 16.5. The number of likely N-dealkylation sites (N-methyl/N-ethyl adjacent to an activating group) is 1. The van der Waals surface area contributed by atoms with Gasteiger partial charge in [0.05, 0.1) is 12.3 Å². The fraction of sp³-hybridized carbons (Fsp3) is 0.231. The molecule has 0 radical (unpaired) electrons. The highest BCUT2D eigenvalue weighted by molar-refractivity contribution is 5.95. The third-order valence-electron chi connectivity index (χ3n) is 5.51. The van der Waals surface area contributed by atoms with Crippen molar-refractivity contribution < 1.29 is 14.3 Å².